The van der Waals surface area contributed by atoms with Gasteiger partial charge in [-0.2, -0.15) is 0 Å². The molecule has 1 atom stereocenters. The minimum atomic E-state index is -0.266. The number of hydrogen-bond acceptors (Lipinski definition) is 1. The van der Waals surface area contributed by atoms with Gasteiger partial charge in [0.05, 0.1) is 5.38 Å². The minimum Gasteiger partial charge on any atom is -0.293 e. The molecule has 0 N–H and O–H groups in total. The van der Waals surface area contributed by atoms with Crippen LogP contribution in [0.5, 0.6) is 0 Å². The van der Waals surface area contributed by atoms with Crippen LogP contribution in [0.15, 0.2) is 11.6 Å². The predicted octanol–water partition coefficient (Wildman–Crippen LogP) is 2.29. The first-order valence-electron chi connectivity index (χ1n) is 3.55. The van der Waals surface area contributed by atoms with E-state index in [4.69, 9.17) is 11.6 Å². The molecule has 56 valence electrons. The Morgan fingerprint density at radius 2 is 2.40 bits per heavy atom. The van der Waals surface area contributed by atoms with Crippen molar-refractivity contribution in [1.82, 2.24) is 0 Å². The van der Waals surface area contributed by atoms with Gasteiger partial charge in [0.25, 0.3) is 0 Å². The molecule has 1 nitrogen and oxygen atoms in total. The Balaban J connectivity index is 2.68. The minimum absolute atomic E-state index is 0.0802. The van der Waals surface area contributed by atoms with Gasteiger partial charge in [-0.15, -0.1) is 11.6 Å². The summed E-state index contributed by atoms with van der Waals surface area (Å²) in [6.45, 7) is 1.98. The molecule has 0 aliphatic heterocycles. The maximum atomic E-state index is 11.0. The highest BCUT2D eigenvalue weighted by molar-refractivity contribution is 6.32. The van der Waals surface area contributed by atoms with Crippen LogP contribution < -0.4 is 0 Å². The second kappa shape index (κ2) is 3.20. The van der Waals surface area contributed by atoms with Crippen LogP contribution in [0.25, 0.3) is 0 Å². The number of allylic oxidation sites excluding steroid dienone is 2. The van der Waals surface area contributed by atoms with E-state index in [2.05, 4.69) is 0 Å². The highest BCUT2D eigenvalue weighted by Crippen LogP contribution is 2.18. The maximum Gasteiger partial charge on any atom is 0.173 e. The summed E-state index contributed by atoms with van der Waals surface area (Å²) in [4.78, 5) is 11.0. The van der Waals surface area contributed by atoms with Crippen molar-refractivity contribution in [1.29, 1.82) is 0 Å². The van der Waals surface area contributed by atoms with Crippen LogP contribution >= 0.6 is 11.6 Å². The van der Waals surface area contributed by atoms with Gasteiger partial charge < -0.3 is 0 Å². The van der Waals surface area contributed by atoms with Gasteiger partial charge in [0.1, 0.15) is 0 Å². The molecule has 1 aliphatic carbocycles. The lowest BCUT2D eigenvalue weighted by Gasteiger charge is -1.98. The van der Waals surface area contributed by atoms with Crippen molar-refractivity contribution in [3.8, 4) is 0 Å². The maximum absolute atomic E-state index is 11.0. The number of ketones is 1. The summed E-state index contributed by atoms with van der Waals surface area (Å²) in [5, 5.41) is -0.266. The third-order valence-electron chi connectivity index (χ3n) is 1.73. The van der Waals surface area contributed by atoms with E-state index < -0.39 is 0 Å². The molecule has 0 saturated carbocycles. The molecule has 0 spiro atoms. The molecule has 2 heteroatoms. The molecule has 1 unspecified atom stereocenters. The van der Waals surface area contributed by atoms with E-state index in [0.717, 1.165) is 24.8 Å². The lowest BCUT2D eigenvalue weighted by molar-refractivity contribution is -0.114. The molecule has 0 heterocycles. The summed E-state index contributed by atoms with van der Waals surface area (Å²) < 4.78 is 0. The van der Waals surface area contributed by atoms with E-state index in [0.29, 0.717) is 0 Å². The Hall–Kier alpha value is -0.300. The average molecular weight is 159 g/mol. The van der Waals surface area contributed by atoms with Crippen LogP contribution in [0.2, 0.25) is 0 Å². The van der Waals surface area contributed by atoms with Gasteiger partial charge in [-0.05, 0) is 32.3 Å². The summed E-state index contributed by atoms with van der Waals surface area (Å²) in [6, 6.07) is 0. The Labute approximate surface area is 66.1 Å². The van der Waals surface area contributed by atoms with Crippen LogP contribution in [-0.4, -0.2) is 11.2 Å². The Bertz CT molecular complexity index is 172. The first kappa shape index (κ1) is 7.80. The van der Waals surface area contributed by atoms with E-state index in [1.807, 2.05) is 6.92 Å². The van der Waals surface area contributed by atoms with Gasteiger partial charge in [0, 0.05) is 0 Å². The van der Waals surface area contributed by atoms with Crippen LogP contribution in [0.3, 0.4) is 0 Å². The van der Waals surface area contributed by atoms with E-state index in [1.165, 1.54) is 0 Å². The van der Waals surface area contributed by atoms with Crippen molar-refractivity contribution in [3.05, 3.63) is 11.6 Å². The number of rotatable bonds is 0. The van der Waals surface area contributed by atoms with E-state index in [9.17, 15) is 4.79 Å². The molecule has 1 rings (SSSR count). The van der Waals surface area contributed by atoms with Crippen molar-refractivity contribution in [2.45, 2.75) is 31.6 Å². The number of halogens is 1. The fraction of sp³-hybridized carbons (Fsp3) is 0.625. The van der Waals surface area contributed by atoms with Gasteiger partial charge in [0.2, 0.25) is 0 Å². The third-order valence-corrected chi connectivity index (χ3v) is 2.16. The molecule has 0 aromatic rings. The molecule has 0 saturated heterocycles. The molecule has 0 fully saturated rings. The van der Waals surface area contributed by atoms with Gasteiger partial charge in [-0.1, -0.05) is 5.57 Å². The SMILES string of the molecule is CC1=CC(=O)C(Cl)CCC1. The zero-order chi connectivity index (χ0) is 7.56. The van der Waals surface area contributed by atoms with Crippen LogP contribution in [0, 0.1) is 0 Å². The van der Waals surface area contributed by atoms with E-state index in [-0.39, 0.29) is 11.2 Å². The highest BCUT2D eigenvalue weighted by atomic mass is 35.5. The smallest absolute Gasteiger partial charge is 0.173 e. The number of carbonyl (C=O) groups excluding carboxylic acids is 1. The third kappa shape index (κ3) is 1.84. The summed E-state index contributed by atoms with van der Waals surface area (Å²) in [6.07, 6.45) is 4.57. The largest absolute Gasteiger partial charge is 0.293 e. The highest BCUT2D eigenvalue weighted by Gasteiger charge is 2.15. The topological polar surface area (TPSA) is 17.1 Å². The molecule has 0 radical (unpaired) electrons. The van der Waals surface area contributed by atoms with Crippen LogP contribution in [-0.2, 0) is 4.79 Å². The fourth-order valence-corrected chi connectivity index (χ4v) is 1.33. The molecular formula is C8H11ClO. The van der Waals surface area contributed by atoms with E-state index >= 15 is 0 Å². The number of alkyl halides is 1. The molecule has 0 amide bonds. The van der Waals surface area contributed by atoms with Crippen molar-refractivity contribution < 1.29 is 4.79 Å². The summed E-state index contributed by atoms with van der Waals surface area (Å²) in [7, 11) is 0. The summed E-state index contributed by atoms with van der Waals surface area (Å²) in [5.41, 5.74) is 1.16. The number of carbonyl (C=O) groups is 1. The fourth-order valence-electron chi connectivity index (χ4n) is 1.11. The quantitative estimate of drug-likeness (QED) is 0.495. The first-order chi connectivity index (χ1) is 4.70. The molecule has 10 heavy (non-hydrogen) atoms. The summed E-state index contributed by atoms with van der Waals surface area (Å²) in [5.74, 6) is 0.0802. The predicted molar refractivity (Wildman–Crippen MR) is 42.3 cm³/mol. The molecule has 0 aromatic heterocycles. The Morgan fingerprint density at radius 3 is 3.10 bits per heavy atom. The second-order valence-electron chi connectivity index (χ2n) is 2.75. The lowest BCUT2D eigenvalue weighted by Crippen LogP contribution is -2.09. The van der Waals surface area contributed by atoms with Gasteiger partial charge in [0.15, 0.2) is 5.78 Å². The Kier molecular flexibility index (Phi) is 2.50. The zero-order valence-electron chi connectivity index (χ0n) is 6.06. The average Bonchev–Trinajstić information content (AvgIpc) is 1.96. The molecular weight excluding hydrogens is 148 g/mol. The van der Waals surface area contributed by atoms with Gasteiger partial charge in [-0.25, -0.2) is 0 Å². The van der Waals surface area contributed by atoms with Crippen LogP contribution in [0.1, 0.15) is 26.2 Å². The molecule has 1 aliphatic rings. The lowest BCUT2D eigenvalue weighted by atomic mass is 10.2. The summed E-state index contributed by atoms with van der Waals surface area (Å²) >= 11 is 5.74. The van der Waals surface area contributed by atoms with Gasteiger partial charge >= 0.3 is 0 Å². The van der Waals surface area contributed by atoms with Crippen molar-refractivity contribution >= 4 is 17.4 Å². The standard InChI is InChI=1S/C8H11ClO/c1-6-3-2-4-7(9)8(10)5-6/h5,7H,2-4H2,1H3. The molecule has 0 aromatic carbocycles. The zero-order valence-corrected chi connectivity index (χ0v) is 6.82. The second-order valence-corrected chi connectivity index (χ2v) is 3.28. The first-order valence-corrected chi connectivity index (χ1v) is 3.99. The van der Waals surface area contributed by atoms with Gasteiger partial charge in [-0.3, -0.25) is 4.79 Å². The van der Waals surface area contributed by atoms with Crippen molar-refractivity contribution in [2.24, 2.45) is 0 Å². The monoisotopic (exact) mass is 158 g/mol. The number of hydrogen-bond donors (Lipinski definition) is 0. The normalized spacial score (nSPS) is 27.6. The van der Waals surface area contributed by atoms with E-state index in [1.54, 1.807) is 6.08 Å². The van der Waals surface area contributed by atoms with Crippen molar-refractivity contribution in [3.63, 3.8) is 0 Å². The van der Waals surface area contributed by atoms with Crippen molar-refractivity contribution in [2.75, 3.05) is 0 Å². The van der Waals surface area contributed by atoms with Crippen LogP contribution in [0.4, 0.5) is 0 Å². The molecule has 0 bridgehead atoms. The Morgan fingerprint density at radius 1 is 1.70 bits per heavy atom.